The number of anilines is 1. The highest BCUT2D eigenvalue weighted by molar-refractivity contribution is 6.30. The molecule has 0 spiro atoms. The summed E-state index contributed by atoms with van der Waals surface area (Å²) in [5.74, 6) is 0.113. The van der Waals surface area contributed by atoms with Crippen molar-refractivity contribution >= 4 is 23.2 Å². The average Bonchev–Trinajstić information content (AvgIpc) is 2.85. The summed E-state index contributed by atoms with van der Waals surface area (Å²) in [6, 6.07) is 15.9. The summed E-state index contributed by atoms with van der Waals surface area (Å²) < 4.78 is 8.62. The lowest BCUT2D eigenvalue weighted by atomic mass is 10.3. The Morgan fingerprint density at radius 3 is 2.42 bits per heavy atom. The number of nitrogens with one attached hydrogen (secondary N) is 1. The van der Waals surface area contributed by atoms with E-state index in [4.69, 9.17) is 16.3 Å². The molecule has 1 aromatic heterocycles. The van der Waals surface area contributed by atoms with E-state index in [0.717, 1.165) is 5.69 Å². The summed E-state index contributed by atoms with van der Waals surface area (Å²) in [5.41, 5.74) is 1.32. The van der Waals surface area contributed by atoms with Crippen LogP contribution in [-0.4, -0.2) is 21.9 Å². The minimum atomic E-state index is -0.411. The highest BCUT2D eigenvalue weighted by Gasteiger charge is 2.18. The Bertz CT molecular complexity index is 976. The zero-order valence-electron chi connectivity index (χ0n) is 14.4. The zero-order valence-corrected chi connectivity index (χ0v) is 15.2. The summed E-state index contributed by atoms with van der Waals surface area (Å²) in [6.45, 7) is 1.57. The second-order valence-electron chi connectivity index (χ2n) is 5.73. The number of nitrogens with zero attached hydrogens (tertiary/aromatic N) is 2. The molecule has 0 saturated heterocycles. The molecule has 0 aliphatic heterocycles. The van der Waals surface area contributed by atoms with E-state index in [2.05, 4.69) is 5.32 Å². The molecular formula is C19H18ClN3O3. The van der Waals surface area contributed by atoms with Gasteiger partial charge in [-0.3, -0.25) is 14.3 Å². The van der Waals surface area contributed by atoms with Gasteiger partial charge in [-0.1, -0.05) is 29.8 Å². The Labute approximate surface area is 155 Å². The van der Waals surface area contributed by atoms with Crippen LogP contribution in [0, 0.1) is 6.92 Å². The van der Waals surface area contributed by atoms with Crippen molar-refractivity contribution in [1.82, 2.24) is 9.36 Å². The number of halogens is 1. The maximum atomic E-state index is 12.7. The van der Waals surface area contributed by atoms with Crippen LogP contribution in [0.5, 0.6) is 5.75 Å². The average molecular weight is 372 g/mol. The van der Waals surface area contributed by atoms with Crippen molar-refractivity contribution < 1.29 is 9.53 Å². The molecule has 0 fully saturated rings. The van der Waals surface area contributed by atoms with Crippen LogP contribution in [0.25, 0.3) is 5.69 Å². The van der Waals surface area contributed by atoms with Crippen LogP contribution in [0.4, 0.5) is 5.69 Å². The lowest BCUT2D eigenvalue weighted by Gasteiger charge is -2.07. The van der Waals surface area contributed by atoms with E-state index < -0.39 is 5.91 Å². The van der Waals surface area contributed by atoms with Gasteiger partial charge in [-0.05, 0) is 43.3 Å². The number of hydrogen-bond acceptors (Lipinski definition) is 3. The maximum absolute atomic E-state index is 12.7. The fourth-order valence-corrected chi connectivity index (χ4v) is 2.69. The molecule has 3 aromatic rings. The van der Waals surface area contributed by atoms with Gasteiger partial charge in [0.1, 0.15) is 11.4 Å². The van der Waals surface area contributed by atoms with E-state index >= 15 is 0 Å². The van der Waals surface area contributed by atoms with Crippen molar-refractivity contribution in [2.24, 2.45) is 7.05 Å². The molecule has 134 valence electrons. The zero-order chi connectivity index (χ0) is 18.7. The van der Waals surface area contributed by atoms with Gasteiger partial charge in [0.15, 0.2) is 6.61 Å². The van der Waals surface area contributed by atoms with Crippen molar-refractivity contribution in [3.8, 4) is 11.4 Å². The minimum absolute atomic E-state index is 0.208. The summed E-state index contributed by atoms with van der Waals surface area (Å²) in [6.07, 6.45) is 0. The molecule has 0 saturated carbocycles. The van der Waals surface area contributed by atoms with Crippen molar-refractivity contribution in [3.05, 3.63) is 75.7 Å². The van der Waals surface area contributed by atoms with Crippen LogP contribution < -0.4 is 15.6 Å². The quantitative estimate of drug-likeness (QED) is 0.749. The summed E-state index contributed by atoms with van der Waals surface area (Å²) >= 11 is 5.81. The smallest absolute Gasteiger partial charge is 0.295 e. The molecule has 1 amide bonds. The van der Waals surface area contributed by atoms with Gasteiger partial charge in [-0.2, -0.15) is 0 Å². The third-order valence-corrected chi connectivity index (χ3v) is 4.25. The van der Waals surface area contributed by atoms with Gasteiger partial charge in [-0.15, -0.1) is 0 Å². The largest absolute Gasteiger partial charge is 0.484 e. The lowest BCUT2D eigenvalue weighted by Crippen LogP contribution is -2.25. The van der Waals surface area contributed by atoms with E-state index in [0.29, 0.717) is 16.5 Å². The molecule has 26 heavy (non-hydrogen) atoms. The highest BCUT2D eigenvalue weighted by Crippen LogP contribution is 2.16. The van der Waals surface area contributed by atoms with Gasteiger partial charge >= 0.3 is 0 Å². The first-order chi connectivity index (χ1) is 12.5. The number of benzene rings is 2. The molecule has 0 unspecified atom stereocenters. The molecule has 0 aliphatic rings. The predicted molar refractivity (Wildman–Crippen MR) is 101 cm³/mol. The number of amides is 1. The van der Waals surface area contributed by atoms with Crippen LogP contribution in [-0.2, 0) is 11.8 Å². The number of rotatable bonds is 5. The van der Waals surface area contributed by atoms with Crippen LogP contribution >= 0.6 is 11.6 Å². The summed E-state index contributed by atoms with van der Waals surface area (Å²) in [4.78, 5) is 24.9. The van der Waals surface area contributed by atoms with Crippen LogP contribution in [0.1, 0.15) is 5.69 Å². The number of aromatic nitrogens is 2. The molecule has 7 heteroatoms. The Morgan fingerprint density at radius 1 is 1.12 bits per heavy atom. The van der Waals surface area contributed by atoms with E-state index in [1.165, 1.54) is 4.68 Å². The molecular weight excluding hydrogens is 354 g/mol. The predicted octanol–water partition coefficient (Wildman–Crippen LogP) is 3.16. The first-order valence-corrected chi connectivity index (χ1v) is 8.37. The molecule has 6 nitrogen and oxygen atoms in total. The van der Waals surface area contributed by atoms with Gasteiger partial charge in [0, 0.05) is 12.1 Å². The molecule has 0 bridgehead atoms. The van der Waals surface area contributed by atoms with Crippen LogP contribution in [0.2, 0.25) is 5.02 Å². The highest BCUT2D eigenvalue weighted by atomic mass is 35.5. The number of ether oxygens (including phenoxy) is 1. The van der Waals surface area contributed by atoms with Gasteiger partial charge in [-0.25, -0.2) is 4.68 Å². The van der Waals surface area contributed by atoms with Gasteiger partial charge in [0.2, 0.25) is 0 Å². The van der Waals surface area contributed by atoms with E-state index in [9.17, 15) is 9.59 Å². The number of carbonyl (C=O) groups is 1. The maximum Gasteiger partial charge on any atom is 0.295 e. The lowest BCUT2D eigenvalue weighted by molar-refractivity contribution is -0.118. The molecule has 1 heterocycles. The summed E-state index contributed by atoms with van der Waals surface area (Å²) in [7, 11) is 1.77. The Hall–Kier alpha value is -2.99. The van der Waals surface area contributed by atoms with Crippen LogP contribution in [0.15, 0.2) is 59.4 Å². The topological polar surface area (TPSA) is 65.3 Å². The molecule has 1 N–H and O–H groups in total. The third kappa shape index (κ3) is 3.65. The van der Waals surface area contributed by atoms with Crippen molar-refractivity contribution in [1.29, 1.82) is 0 Å². The van der Waals surface area contributed by atoms with E-state index in [-0.39, 0.29) is 17.9 Å². The summed E-state index contributed by atoms with van der Waals surface area (Å²) in [5, 5.41) is 3.23. The number of hydrogen-bond donors (Lipinski definition) is 1. The fraction of sp³-hybridized carbons (Fsp3) is 0.158. The molecule has 0 aliphatic carbocycles. The second kappa shape index (κ2) is 7.49. The second-order valence-corrected chi connectivity index (χ2v) is 6.16. The fourth-order valence-electron chi connectivity index (χ4n) is 2.57. The normalized spacial score (nSPS) is 10.6. The molecule has 0 radical (unpaired) electrons. The standard InChI is InChI=1S/C19H18ClN3O3/c1-13-18(19(25)23(22(13)2)15-6-4-3-5-7-15)21-17(24)12-26-16-10-8-14(20)9-11-16/h3-11H,12H2,1-2H3,(H,21,24). The van der Waals surface area contributed by atoms with E-state index in [1.807, 2.05) is 30.3 Å². The number of para-hydroxylation sites is 1. The molecule has 3 rings (SSSR count). The Morgan fingerprint density at radius 2 is 1.77 bits per heavy atom. The van der Waals surface area contributed by atoms with Crippen molar-refractivity contribution in [2.75, 3.05) is 11.9 Å². The van der Waals surface area contributed by atoms with Crippen LogP contribution in [0.3, 0.4) is 0 Å². The van der Waals surface area contributed by atoms with Gasteiger partial charge in [0.05, 0.1) is 11.4 Å². The first kappa shape index (κ1) is 17.8. The van der Waals surface area contributed by atoms with Crippen molar-refractivity contribution in [2.45, 2.75) is 6.92 Å². The molecule has 2 aromatic carbocycles. The molecule has 0 atom stereocenters. The minimum Gasteiger partial charge on any atom is -0.484 e. The first-order valence-electron chi connectivity index (χ1n) is 7.99. The van der Waals surface area contributed by atoms with Crippen molar-refractivity contribution in [3.63, 3.8) is 0 Å². The third-order valence-electron chi connectivity index (χ3n) is 4.00. The number of carbonyl (C=O) groups excluding carboxylic acids is 1. The SMILES string of the molecule is Cc1c(NC(=O)COc2ccc(Cl)cc2)c(=O)n(-c2ccccc2)n1C. The van der Waals surface area contributed by atoms with E-state index in [1.54, 1.807) is 42.9 Å². The Kier molecular flexibility index (Phi) is 5.14. The van der Waals surface area contributed by atoms with Gasteiger partial charge < -0.3 is 10.1 Å². The monoisotopic (exact) mass is 371 g/mol. The van der Waals surface area contributed by atoms with Gasteiger partial charge in [0.25, 0.3) is 11.5 Å². The Balaban J connectivity index is 1.76.